The molecule has 2 aromatic heterocycles. The first-order valence-electron chi connectivity index (χ1n) is 26.9. The maximum Gasteiger partial charge on any atom is 0.148 e. The van der Waals surface area contributed by atoms with Crippen LogP contribution in [0, 0.1) is 12.9 Å². The van der Waals surface area contributed by atoms with Crippen molar-refractivity contribution in [3.05, 3.63) is 166 Å². The van der Waals surface area contributed by atoms with Crippen molar-refractivity contribution in [3.8, 4) is 67.5 Å². The Bertz CT molecular complexity index is 3410. The van der Waals surface area contributed by atoms with E-state index < -0.39 is 29.9 Å². The average Bonchev–Trinajstić information content (AvgIpc) is 3.68. The zero-order valence-corrected chi connectivity index (χ0v) is 45.4. The van der Waals surface area contributed by atoms with E-state index in [0.717, 1.165) is 72.5 Å². The third kappa shape index (κ3) is 10.5. The van der Waals surface area contributed by atoms with Crippen LogP contribution >= 0.6 is 0 Å². The van der Waals surface area contributed by atoms with Crippen molar-refractivity contribution in [2.75, 3.05) is 0 Å². The van der Waals surface area contributed by atoms with E-state index in [4.69, 9.17) is 18.2 Å². The summed E-state index contributed by atoms with van der Waals surface area (Å²) in [4.78, 5) is 10.4. The summed E-state index contributed by atoms with van der Waals surface area (Å²) in [6.07, 6.45) is 1.82. The van der Waals surface area contributed by atoms with Gasteiger partial charge in [0.25, 0.3) is 0 Å². The van der Waals surface area contributed by atoms with Gasteiger partial charge in [0.05, 0.1) is 22.3 Å². The summed E-state index contributed by atoms with van der Waals surface area (Å²) in [5.74, 6) is -2.20. The first kappa shape index (κ1) is 43.4. The van der Waals surface area contributed by atoms with Crippen molar-refractivity contribution < 1.29 is 34.4 Å². The van der Waals surface area contributed by atoms with Crippen LogP contribution in [0.15, 0.2) is 121 Å². The number of benzene rings is 6. The second-order valence-corrected chi connectivity index (χ2v) is 22.3. The smallest absolute Gasteiger partial charge is 0.148 e. The molecule has 0 atom stereocenters. The molecule has 360 valence electrons. The minimum Gasteiger partial charge on any atom is -0.507 e. The van der Waals surface area contributed by atoms with Crippen LogP contribution in [0.1, 0.15) is 169 Å². The number of hydrogen-bond acceptors (Lipinski definition) is 3. The fourth-order valence-electron chi connectivity index (χ4n) is 8.87. The average molecular weight is 1100 g/mol. The second kappa shape index (κ2) is 19.3. The minimum absolute atomic E-state index is 0. The Balaban J connectivity index is 0.00000820. The Morgan fingerprint density at radius 2 is 1.17 bits per heavy atom. The van der Waals surface area contributed by atoms with Gasteiger partial charge in [-0.2, -0.15) is 0 Å². The number of hydrogen-bond donors (Lipinski definition) is 1. The zero-order chi connectivity index (χ0) is 54.5. The number of aromatic hydroxyl groups is 1. The number of phenols is 1. The molecule has 6 aromatic carbocycles. The van der Waals surface area contributed by atoms with E-state index in [1.54, 1.807) is 6.07 Å². The summed E-state index contributed by atoms with van der Waals surface area (Å²) in [7, 11) is 0. The number of rotatable bonds is 9. The van der Waals surface area contributed by atoms with Gasteiger partial charge in [0, 0.05) is 46.7 Å². The zero-order valence-electron chi connectivity index (χ0n) is 49.2. The molecule has 0 radical (unpaired) electrons. The molecule has 2 heterocycles. The maximum absolute atomic E-state index is 12.6. The van der Waals surface area contributed by atoms with Gasteiger partial charge in [-0.25, -0.2) is 4.98 Å². The number of pyridine rings is 1. The Labute approximate surface area is 436 Å². The van der Waals surface area contributed by atoms with Crippen LogP contribution < -0.4 is 0 Å². The molecule has 0 amide bonds. The maximum atomic E-state index is 12.6. The van der Waals surface area contributed by atoms with Crippen molar-refractivity contribution in [2.24, 2.45) is 0 Å². The minimum atomic E-state index is -2.61. The van der Waals surface area contributed by atoms with Crippen molar-refractivity contribution >= 4 is 11.0 Å². The Hall–Kier alpha value is -5.57. The number of imidazole rings is 1. The number of nitrogens with zero attached hydrogens (tertiary/aromatic N) is 3. The molecule has 4 nitrogen and oxygen atoms in total. The molecule has 0 saturated carbocycles. The summed E-state index contributed by atoms with van der Waals surface area (Å²) < 4.78 is 55.8. The van der Waals surface area contributed by atoms with Crippen molar-refractivity contribution in [1.29, 1.82) is 0 Å². The SMILES string of the molecule is [2H]C([2H])([2H])c1cc(-c2cc(C([2H])(C)C)cc(C([2H])(C)C)c2)ccc1-n1c(-c2cc(C(C)(C)C)cc(C(C)(C)C)c2O)nc2c(-c3[c-]c(-c4cc(-c5ccc(C([2H])(C)C)cc5)ccn4)cc(C(C)(C)C)c3)cccc21.[Pt]. The third-order valence-electron chi connectivity index (χ3n) is 13.2. The van der Waals surface area contributed by atoms with Crippen LogP contribution in [-0.4, -0.2) is 19.6 Å². The first-order chi connectivity index (χ1) is 34.0. The van der Waals surface area contributed by atoms with Gasteiger partial charge in [-0.1, -0.05) is 188 Å². The predicted molar refractivity (Wildman–Crippen MR) is 290 cm³/mol. The monoisotopic (exact) mass is 1100 g/mol. The molecule has 1 N–H and O–H groups in total. The molecule has 0 aliphatic rings. The van der Waals surface area contributed by atoms with Crippen molar-refractivity contribution in [2.45, 2.75) is 145 Å². The molecule has 0 fully saturated rings. The van der Waals surface area contributed by atoms with Crippen LogP contribution in [0.25, 0.3) is 72.7 Å². The number of para-hydroxylation sites is 1. The van der Waals surface area contributed by atoms with Crippen molar-refractivity contribution in [1.82, 2.24) is 14.5 Å². The predicted octanol–water partition coefficient (Wildman–Crippen LogP) is 17.8. The third-order valence-corrected chi connectivity index (χ3v) is 13.2. The van der Waals surface area contributed by atoms with Crippen LogP contribution in [0.3, 0.4) is 0 Å². The Morgan fingerprint density at radius 1 is 0.580 bits per heavy atom. The molecule has 8 rings (SSSR count). The summed E-state index contributed by atoms with van der Waals surface area (Å²) in [6.45, 7) is 27.6. The molecule has 5 heteroatoms. The van der Waals surface area contributed by atoms with Gasteiger partial charge in [-0.3, -0.25) is 9.55 Å². The fourth-order valence-corrected chi connectivity index (χ4v) is 8.87. The van der Waals surface area contributed by atoms with Crippen LogP contribution in [0.4, 0.5) is 0 Å². The van der Waals surface area contributed by atoms with E-state index in [0.29, 0.717) is 33.7 Å². The van der Waals surface area contributed by atoms with Crippen LogP contribution in [0.5, 0.6) is 5.75 Å². The van der Waals surface area contributed by atoms with Gasteiger partial charge >= 0.3 is 0 Å². The molecule has 0 bridgehead atoms. The molecule has 0 spiro atoms. The molecule has 0 aliphatic carbocycles. The molecular weight excluding hydrogens is 1020 g/mol. The molecule has 8 aromatic rings. The number of phenolic OH excluding ortho intramolecular Hbond substituents is 1. The van der Waals surface area contributed by atoms with E-state index in [-0.39, 0.29) is 43.2 Å². The second-order valence-electron chi connectivity index (χ2n) is 22.3. The van der Waals surface area contributed by atoms with Gasteiger partial charge in [-0.05, 0) is 121 Å². The Morgan fingerprint density at radius 3 is 1.77 bits per heavy atom. The summed E-state index contributed by atoms with van der Waals surface area (Å²) >= 11 is 0. The molecule has 0 unspecified atom stereocenters. The largest absolute Gasteiger partial charge is 0.507 e. The molecule has 0 aliphatic heterocycles. The van der Waals surface area contributed by atoms with Gasteiger partial charge in [0.1, 0.15) is 11.6 Å². The van der Waals surface area contributed by atoms with Crippen LogP contribution in [0.2, 0.25) is 0 Å². The first-order valence-corrected chi connectivity index (χ1v) is 23.9. The summed E-state index contributed by atoms with van der Waals surface area (Å²) in [5.41, 5.74) is 12.8. The number of fused-ring (bicyclic) bond motifs is 1. The van der Waals surface area contributed by atoms with E-state index >= 15 is 0 Å². The van der Waals surface area contributed by atoms with E-state index in [9.17, 15) is 5.11 Å². The molecule has 69 heavy (non-hydrogen) atoms. The normalized spacial score (nSPS) is 14.3. The quantitative estimate of drug-likeness (QED) is 0.147. The Kier molecular flexibility index (Phi) is 12.2. The van der Waals surface area contributed by atoms with E-state index in [2.05, 4.69) is 105 Å². The van der Waals surface area contributed by atoms with Gasteiger partial charge < -0.3 is 5.11 Å². The number of aromatic nitrogens is 3. The molecular formula is C64H72N3OPt-. The van der Waals surface area contributed by atoms with Crippen LogP contribution in [-0.2, 0) is 37.3 Å². The van der Waals surface area contributed by atoms with E-state index in [1.807, 2.05) is 125 Å². The topological polar surface area (TPSA) is 50.9 Å². The standard InChI is InChI=1S/C64H72N3O.Pt/c1-38(2)42-20-22-43(23-21-42)45-26-27-65-56(35-45)50-32-49(33-51(34-50)62(8,9)10)53-18-17-19-58-59(53)66-61(54-36-52(63(11,12)13)37-55(60(54)68)64(14,15)16)67(58)57-25-24-44(28-41(57)7)48-30-46(39(3)4)29-47(31-48)40(5)6;/h17-31,33-40,68H,1-16H3;/q-1;/i7D3,38D,39D,40D;. The van der Waals surface area contributed by atoms with Gasteiger partial charge in [0.15, 0.2) is 0 Å². The number of aryl methyl sites for hydroxylation is 1. The van der Waals surface area contributed by atoms with Gasteiger partial charge in [-0.15, -0.1) is 29.3 Å². The molecule has 0 saturated heterocycles. The fraction of sp³-hybridized carbons (Fsp3) is 0.344. The van der Waals surface area contributed by atoms with Gasteiger partial charge in [0.2, 0.25) is 0 Å². The summed E-state index contributed by atoms with van der Waals surface area (Å²) in [5, 5.41) is 12.6. The van der Waals surface area contributed by atoms with E-state index in [1.165, 1.54) is 0 Å². The van der Waals surface area contributed by atoms with Crippen molar-refractivity contribution in [3.63, 3.8) is 0 Å². The summed E-state index contributed by atoms with van der Waals surface area (Å²) in [6, 6.07) is 41.5.